The van der Waals surface area contributed by atoms with Gasteiger partial charge < -0.3 is 5.32 Å². The van der Waals surface area contributed by atoms with Crippen molar-refractivity contribution >= 4 is 0 Å². The molecule has 1 aliphatic rings. The van der Waals surface area contributed by atoms with E-state index >= 15 is 0 Å². The first kappa shape index (κ1) is 12.1. The second-order valence-electron chi connectivity index (χ2n) is 4.39. The van der Waals surface area contributed by atoms with E-state index in [2.05, 4.69) is 31.3 Å². The third-order valence-corrected chi connectivity index (χ3v) is 3.16. The zero-order valence-electron chi connectivity index (χ0n) is 10.0. The van der Waals surface area contributed by atoms with Crippen molar-refractivity contribution in [3.8, 4) is 12.3 Å². The van der Waals surface area contributed by atoms with Gasteiger partial charge in [0.05, 0.1) is 6.54 Å². The van der Waals surface area contributed by atoms with Crippen LogP contribution in [-0.2, 0) is 6.42 Å². The summed E-state index contributed by atoms with van der Waals surface area (Å²) in [6.45, 7) is 3.94. The predicted molar refractivity (Wildman–Crippen MR) is 66.4 cm³/mol. The van der Waals surface area contributed by atoms with Crippen molar-refractivity contribution in [2.75, 3.05) is 26.2 Å². The molecule has 1 aliphatic heterocycles. The van der Waals surface area contributed by atoms with Crippen LogP contribution in [0.2, 0.25) is 0 Å². The highest BCUT2D eigenvalue weighted by Crippen LogP contribution is 2.09. The molecule has 1 aromatic rings. The Kier molecular flexibility index (Phi) is 4.54. The van der Waals surface area contributed by atoms with Crippen LogP contribution in [0, 0.1) is 12.3 Å². The minimum Gasteiger partial charge on any atom is -0.313 e. The molecule has 0 unspecified atom stereocenters. The van der Waals surface area contributed by atoms with Gasteiger partial charge in [-0.15, -0.1) is 6.42 Å². The molecule has 0 aromatic carbocycles. The molecule has 2 rings (SSSR count). The molecule has 0 radical (unpaired) electrons. The topological polar surface area (TPSA) is 56.8 Å². The molecule has 1 saturated heterocycles. The molecule has 1 aromatic heterocycles. The second kappa shape index (κ2) is 6.38. The molecular weight excluding hydrogens is 214 g/mol. The Labute approximate surface area is 102 Å². The lowest BCUT2D eigenvalue weighted by Gasteiger charge is -2.31. The van der Waals surface area contributed by atoms with E-state index in [0.29, 0.717) is 6.04 Å². The SMILES string of the molecule is C#CCN1CCC(NCCc2ncn[nH]2)CC1. The van der Waals surface area contributed by atoms with Gasteiger partial charge in [0, 0.05) is 32.1 Å². The Hall–Kier alpha value is -1.38. The van der Waals surface area contributed by atoms with Gasteiger partial charge in [0.15, 0.2) is 0 Å². The number of rotatable bonds is 5. The Morgan fingerprint density at radius 3 is 3.00 bits per heavy atom. The van der Waals surface area contributed by atoms with Crippen LogP contribution in [0.4, 0.5) is 0 Å². The van der Waals surface area contributed by atoms with Crippen LogP contribution < -0.4 is 5.32 Å². The van der Waals surface area contributed by atoms with E-state index in [0.717, 1.165) is 38.4 Å². The van der Waals surface area contributed by atoms with Crippen molar-refractivity contribution in [3.05, 3.63) is 12.2 Å². The summed E-state index contributed by atoms with van der Waals surface area (Å²) in [6.07, 6.45) is 10.1. The van der Waals surface area contributed by atoms with Gasteiger partial charge in [-0.3, -0.25) is 10.00 Å². The molecule has 5 heteroatoms. The maximum Gasteiger partial charge on any atom is 0.137 e. The standard InChI is InChI=1S/C12H19N5/c1-2-7-17-8-4-11(5-9-17)13-6-3-12-14-10-15-16-12/h1,10-11,13H,3-9H2,(H,14,15,16). The van der Waals surface area contributed by atoms with Crippen LogP contribution in [0.25, 0.3) is 0 Å². The Morgan fingerprint density at radius 2 is 2.35 bits per heavy atom. The maximum atomic E-state index is 5.30. The molecular formula is C12H19N5. The van der Waals surface area contributed by atoms with Gasteiger partial charge >= 0.3 is 0 Å². The lowest BCUT2D eigenvalue weighted by Crippen LogP contribution is -2.43. The van der Waals surface area contributed by atoms with Crippen molar-refractivity contribution in [2.24, 2.45) is 0 Å². The fourth-order valence-electron chi connectivity index (χ4n) is 2.17. The van der Waals surface area contributed by atoms with Crippen molar-refractivity contribution in [3.63, 3.8) is 0 Å². The Morgan fingerprint density at radius 1 is 1.53 bits per heavy atom. The van der Waals surface area contributed by atoms with Crippen molar-refractivity contribution in [1.29, 1.82) is 0 Å². The largest absolute Gasteiger partial charge is 0.313 e. The van der Waals surface area contributed by atoms with E-state index in [-0.39, 0.29) is 0 Å². The van der Waals surface area contributed by atoms with E-state index in [4.69, 9.17) is 6.42 Å². The van der Waals surface area contributed by atoms with E-state index < -0.39 is 0 Å². The number of aromatic amines is 1. The third kappa shape index (κ3) is 3.84. The maximum absolute atomic E-state index is 5.30. The second-order valence-corrected chi connectivity index (χ2v) is 4.39. The van der Waals surface area contributed by atoms with Gasteiger partial charge in [0.2, 0.25) is 0 Å². The number of nitrogens with one attached hydrogen (secondary N) is 2. The summed E-state index contributed by atoms with van der Waals surface area (Å²) in [5, 5.41) is 10.3. The summed E-state index contributed by atoms with van der Waals surface area (Å²) < 4.78 is 0. The van der Waals surface area contributed by atoms with Crippen molar-refractivity contribution < 1.29 is 0 Å². The number of H-pyrrole nitrogens is 1. The van der Waals surface area contributed by atoms with E-state index in [1.54, 1.807) is 6.33 Å². The highest BCUT2D eigenvalue weighted by atomic mass is 15.2. The monoisotopic (exact) mass is 233 g/mol. The zero-order chi connectivity index (χ0) is 11.9. The van der Waals surface area contributed by atoms with Gasteiger partial charge in [-0.05, 0) is 12.8 Å². The number of nitrogens with zero attached hydrogens (tertiary/aromatic N) is 3. The normalized spacial score (nSPS) is 18.1. The molecule has 2 heterocycles. The smallest absolute Gasteiger partial charge is 0.137 e. The molecule has 92 valence electrons. The van der Waals surface area contributed by atoms with Gasteiger partial charge in [-0.1, -0.05) is 5.92 Å². The van der Waals surface area contributed by atoms with E-state index in [1.807, 2.05) is 0 Å². The molecule has 1 fully saturated rings. The lowest BCUT2D eigenvalue weighted by molar-refractivity contribution is 0.218. The molecule has 5 nitrogen and oxygen atoms in total. The number of hydrogen-bond acceptors (Lipinski definition) is 4. The van der Waals surface area contributed by atoms with E-state index in [9.17, 15) is 0 Å². The minimum absolute atomic E-state index is 0.618. The molecule has 17 heavy (non-hydrogen) atoms. The molecule has 0 amide bonds. The first-order valence-corrected chi connectivity index (χ1v) is 6.12. The van der Waals surface area contributed by atoms with Crippen LogP contribution in [0.15, 0.2) is 6.33 Å². The highest BCUT2D eigenvalue weighted by Gasteiger charge is 2.17. The third-order valence-electron chi connectivity index (χ3n) is 3.16. The minimum atomic E-state index is 0.618. The fourth-order valence-corrected chi connectivity index (χ4v) is 2.17. The van der Waals surface area contributed by atoms with Gasteiger partial charge in [0.1, 0.15) is 12.2 Å². The van der Waals surface area contributed by atoms with Gasteiger partial charge in [-0.2, -0.15) is 5.10 Å². The van der Waals surface area contributed by atoms with Crippen LogP contribution in [0.1, 0.15) is 18.7 Å². The fraction of sp³-hybridized carbons (Fsp3) is 0.667. The number of hydrogen-bond donors (Lipinski definition) is 2. The predicted octanol–water partition coefficient (Wildman–Crippen LogP) is 0.0344. The summed E-state index contributed by atoms with van der Waals surface area (Å²) in [4.78, 5) is 6.43. The first-order valence-electron chi connectivity index (χ1n) is 6.12. The summed E-state index contributed by atoms with van der Waals surface area (Å²) in [5.74, 6) is 3.65. The van der Waals surface area contributed by atoms with Crippen molar-refractivity contribution in [2.45, 2.75) is 25.3 Å². The summed E-state index contributed by atoms with van der Waals surface area (Å²) in [5.41, 5.74) is 0. The lowest BCUT2D eigenvalue weighted by atomic mass is 10.1. The Balaban J connectivity index is 1.60. The number of piperidine rings is 1. The quantitative estimate of drug-likeness (QED) is 0.705. The molecule has 0 aliphatic carbocycles. The highest BCUT2D eigenvalue weighted by molar-refractivity contribution is 4.90. The summed E-state index contributed by atoms with van der Waals surface area (Å²) in [6, 6.07) is 0.618. The van der Waals surface area contributed by atoms with Crippen LogP contribution in [-0.4, -0.2) is 52.3 Å². The van der Waals surface area contributed by atoms with Crippen LogP contribution in [0.3, 0.4) is 0 Å². The van der Waals surface area contributed by atoms with E-state index in [1.165, 1.54) is 12.8 Å². The van der Waals surface area contributed by atoms with Crippen molar-refractivity contribution in [1.82, 2.24) is 25.4 Å². The molecule has 0 spiro atoms. The molecule has 0 bridgehead atoms. The average molecular weight is 233 g/mol. The zero-order valence-corrected chi connectivity index (χ0v) is 10.0. The number of terminal acetylenes is 1. The number of aromatic nitrogens is 3. The molecule has 2 N–H and O–H groups in total. The van der Waals surface area contributed by atoms with Gasteiger partial charge in [-0.25, -0.2) is 4.98 Å². The Bertz CT molecular complexity index is 345. The van der Waals surface area contributed by atoms with Crippen LogP contribution >= 0.6 is 0 Å². The molecule has 0 saturated carbocycles. The van der Waals surface area contributed by atoms with Crippen LogP contribution in [0.5, 0.6) is 0 Å². The van der Waals surface area contributed by atoms with Gasteiger partial charge in [0.25, 0.3) is 0 Å². The number of likely N-dealkylation sites (tertiary alicyclic amines) is 1. The average Bonchev–Trinajstić information content (AvgIpc) is 2.85. The summed E-state index contributed by atoms with van der Waals surface area (Å²) >= 11 is 0. The molecule has 0 atom stereocenters. The summed E-state index contributed by atoms with van der Waals surface area (Å²) in [7, 11) is 0. The first-order chi connectivity index (χ1) is 8.38.